The van der Waals surface area contributed by atoms with Crippen molar-refractivity contribution >= 4 is 11.6 Å². The van der Waals surface area contributed by atoms with E-state index in [0.717, 1.165) is 6.54 Å². The zero-order chi connectivity index (χ0) is 16.4. The molecule has 0 bridgehead atoms. The first-order valence-electron chi connectivity index (χ1n) is 7.73. The largest absolute Gasteiger partial charge is 0.365 e. The van der Waals surface area contributed by atoms with Crippen molar-refractivity contribution in [3.05, 3.63) is 58.0 Å². The Morgan fingerprint density at radius 3 is 2.74 bits per heavy atom. The summed E-state index contributed by atoms with van der Waals surface area (Å²) in [4.78, 5) is 27.6. The maximum Gasteiger partial charge on any atom is 0.274 e. The molecule has 2 aromatic rings. The number of carbonyl (C=O) groups is 1. The highest BCUT2D eigenvalue weighted by Gasteiger charge is 2.28. The SMILES string of the molecule is Cc1cccc(N2CCN(C(=O)c3ccc(=O)[nH]n3)C[C@@H]2C)c1. The molecule has 0 radical (unpaired) electrons. The zero-order valence-corrected chi connectivity index (χ0v) is 13.3. The number of H-pyrrole nitrogens is 1. The number of nitrogens with zero attached hydrogens (tertiary/aromatic N) is 3. The molecule has 1 saturated heterocycles. The van der Waals surface area contributed by atoms with Crippen LogP contribution in [-0.2, 0) is 0 Å². The Hall–Kier alpha value is -2.63. The van der Waals surface area contributed by atoms with Crippen molar-refractivity contribution in [1.82, 2.24) is 15.1 Å². The Bertz CT molecular complexity index is 751. The lowest BCUT2D eigenvalue weighted by atomic mass is 10.1. The first-order valence-corrected chi connectivity index (χ1v) is 7.73. The van der Waals surface area contributed by atoms with Crippen LogP contribution in [0, 0.1) is 6.92 Å². The van der Waals surface area contributed by atoms with Crippen molar-refractivity contribution in [2.24, 2.45) is 0 Å². The van der Waals surface area contributed by atoms with Gasteiger partial charge in [0, 0.05) is 37.4 Å². The summed E-state index contributed by atoms with van der Waals surface area (Å²) in [6.07, 6.45) is 0. The molecule has 120 valence electrons. The number of aromatic nitrogens is 2. The number of benzene rings is 1. The first kappa shape index (κ1) is 15.3. The summed E-state index contributed by atoms with van der Waals surface area (Å²) in [7, 11) is 0. The molecular weight excluding hydrogens is 292 g/mol. The molecule has 0 aliphatic carbocycles. The van der Waals surface area contributed by atoms with Crippen LogP contribution in [0.25, 0.3) is 0 Å². The summed E-state index contributed by atoms with van der Waals surface area (Å²) < 4.78 is 0. The zero-order valence-electron chi connectivity index (χ0n) is 13.3. The van der Waals surface area contributed by atoms with Gasteiger partial charge >= 0.3 is 0 Å². The van der Waals surface area contributed by atoms with Crippen LogP contribution in [0.1, 0.15) is 23.0 Å². The molecule has 0 unspecified atom stereocenters. The number of anilines is 1. The van der Waals surface area contributed by atoms with E-state index in [9.17, 15) is 9.59 Å². The van der Waals surface area contributed by atoms with Gasteiger partial charge in [0.1, 0.15) is 5.69 Å². The van der Waals surface area contributed by atoms with E-state index in [1.807, 2.05) is 0 Å². The molecular formula is C17H20N4O2. The molecule has 1 amide bonds. The van der Waals surface area contributed by atoms with E-state index in [2.05, 4.69) is 53.2 Å². The second-order valence-electron chi connectivity index (χ2n) is 5.94. The van der Waals surface area contributed by atoms with Gasteiger partial charge in [-0.25, -0.2) is 5.10 Å². The number of aromatic amines is 1. The number of hydrogen-bond donors (Lipinski definition) is 1. The molecule has 3 rings (SSSR count). The molecule has 6 heteroatoms. The van der Waals surface area contributed by atoms with Gasteiger partial charge in [0.05, 0.1) is 0 Å². The molecule has 1 fully saturated rings. The van der Waals surface area contributed by atoms with Gasteiger partial charge in [-0.1, -0.05) is 12.1 Å². The van der Waals surface area contributed by atoms with Crippen LogP contribution in [0.4, 0.5) is 5.69 Å². The summed E-state index contributed by atoms with van der Waals surface area (Å²) in [5.74, 6) is -0.142. The Balaban J connectivity index is 1.72. The number of piperazine rings is 1. The van der Waals surface area contributed by atoms with Crippen molar-refractivity contribution in [1.29, 1.82) is 0 Å². The molecule has 0 saturated carbocycles. The molecule has 0 spiro atoms. The molecule has 23 heavy (non-hydrogen) atoms. The normalized spacial score (nSPS) is 18.1. The third-order valence-corrected chi connectivity index (χ3v) is 4.15. The molecule has 6 nitrogen and oxygen atoms in total. The average Bonchev–Trinajstić information content (AvgIpc) is 2.55. The maximum atomic E-state index is 12.5. The van der Waals surface area contributed by atoms with E-state index >= 15 is 0 Å². The van der Waals surface area contributed by atoms with E-state index in [0.29, 0.717) is 13.1 Å². The fourth-order valence-electron chi connectivity index (χ4n) is 2.96. The van der Waals surface area contributed by atoms with Crippen LogP contribution >= 0.6 is 0 Å². The summed E-state index contributed by atoms with van der Waals surface area (Å²) in [6.45, 7) is 6.24. The molecule has 1 aliphatic rings. The van der Waals surface area contributed by atoms with Crippen molar-refractivity contribution in [2.45, 2.75) is 19.9 Å². The number of carbonyl (C=O) groups excluding carboxylic acids is 1. The van der Waals surface area contributed by atoms with Crippen LogP contribution in [0.5, 0.6) is 0 Å². The van der Waals surface area contributed by atoms with E-state index in [1.54, 1.807) is 4.90 Å². The van der Waals surface area contributed by atoms with Gasteiger partial charge < -0.3 is 9.80 Å². The third kappa shape index (κ3) is 3.26. The molecule has 1 aromatic heterocycles. The fraction of sp³-hybridized carbons (Fsp3) is 0.353. The van der Waals surface area contributed by atoms with Gasteiger partial charge in [-0.3, -0.25) is 9.59 Å². The number of aryl methyl sites for hydroxylation is 1. The second-order valence-corrected chi connectivity index (χ2v) is 5.94. The number of rotatable bonds is 2. The van der Waals surface area contributed by atoms with Crippen LogP contribution in [0.2, 0.25) is 0 Å². The van der Waals surface area contributed by atoms with E-state index in [4.69, 9.17) is 0 Å². The van der Waals surface area contributed by atoms with E-state index in [1.165, 1.54) is 23.4 Å². The lowest BCUT2D eigenvalue weighted by Crippen LogP contribution is -2.54. The third-order valence-electron chi connectivity index (χ3n) is 4.15. The summed E-state index contributed by atoms with van der Waals surface area (Å²) in [5, 5.41) is 6.13. The summed E-state index contributed by atoms with van der Waals surface area (Å²) >= 11 is 0. The Kier molecular flexibility index (Phi) is 4.14. The van der Waals surface area contributed by atoms with Gasteiger partial charge in [0.25, 0.3) is 11.5 Å². The molecule has 1 aromatic carbocycles. The number of amides is 1. The highest BCUT2D eigenvalue weighted by Crippen LogP contribution is 2.22. The Morgan fingerprint density at radius 1 is 1.26 bits per heavy atom. The second kappa shape index (κ2) is 6.24. The number of nitrogens with one attached hydrogen (secondary N) is 1. The standard InChI is InChI=1S/C17H20N4O2/c1-12-4-3-5-14(10-12)21-9-8-20(11-13(21)2)17(23)15-6-7-16(22)19-18-15/h3-7,10,13H,8-9,11H2,1-2H3,(H,19,22)/t13-/m0/s1. The maximum absolute atomic E-state index is 12.5. The highest BCUT2D eigenvalue weighted by atomic mass is 16.2. The monoisotopic (exact) mass is 312 g/mol. The molecule has 1 N–H and O–H groups in total. The minimum atomic E-state index is -0.306. The van der Waals surface area contributed by atoms with Crippen LogP contribution in [0.3, 0.4) is 0 Å². The van der Waals surface area contributed by atoms with Crippen molar-refractivity contribution < 1.29 is 4.79 Å². The molecule has 2 heterocycles. The topological polar surface area (TPSA) is 69.3 Å². The minimum Gasteiger partial charge on any atom is -0.365 e. The van der Waals surface area contributed by atoms with Crippen molar-refractivity contribution in [3.8, 4) is 0 Å². The van der Waals surface area contributed by atoms with Crippen molar-refractivity contribution in [2.75, 3.05) is 24.5 Å². The van der Waals surface area contributed by atoms with Gasteiger partial charge in [0.2, 0.25) is 0 Å². The molecule has 1 atom stereocenters. The van der Waals surface area contributed by atoms with E-state index in [-0.39, 0.29) is 23.2 Å². The van der Waals surface area contributed by atoms with Gasteiger partial charge in [-0.2, -0.15) is 5.10 Å². The van der Waals surface area contributed by atoms with Gasteiger partial charge in [0.15, 0.2) is 0 Å². The summed E-state index contributed by atoms with van der Waals surface area (Å²) in [5.41, 5.74) is 2.39. The Morgan fingerprint density at radius 2 is 2.09 bits per heavy atom. The predicted octanol–water partition coefficient (Wildman–Crippen LogP) is 1.43. The van der Waals surface area contributed by atoms with Crippen LogP contribution in [0.15, 0.2) is 41.2 Å². The Labute approximate surface area is 134 Å². The highest BCUT2D eigenvalue weighted by molar-refractivity contribution is 5.92. The van der Waals surface area contributed by atoms with Crippen molar-refractivity contribution in [3.63, 3.8) is 0 Å². The van der Waals surface area contributed by atoms with E-state index < -0.39 is 0 Å². The quantitative estimate of drug-likeness (QED) is 0.911. The fourth-order valence-corrected chi connectivity index (χ4v) is 2.96. The summed E-state index contributed by atoms with van der Waals surface area (Å²) in [6, 6.07) is 11.4. The first-order chi connectivity index (χ1) is 11.0. The van der Waals surface area contributed by atoms with Gasteiger partial charge in [-0.05, 0) is 37.6 Å². The van der Waals surface area contributed by atoms with Gasteiger partial charge in [-0.15, -0.1) is 0 Å². The lowest BCUT2D eigenvalue weighted by molar-refractivity contribution is 0.0719. The lowest BCUT2D eigenvalue weighted by Gasteiger charge is -2.41. The average molecular weight is 312 g/mol. The molecule has 1 aliphatic heterocycles. The number of hydrogen-bond acceptors (Lipinski definition) is 4. The van der Waals surface area contributed by atoms with Crippen LogP contribution in [-0.4, -0.2) is 46.7 Å². The minimum absolute atomic E-state index is 0.142. The predicted molar refractivity (Wildman–Crippen MR) is 88.7 cm³/mol. The van der Waals surface area contributed by atoms with Crippen LogP contribution < -0.4 is 10.5 Å². The smallest absolute Gasteiger partial charge is 0.274 e.